The standard InChI is InChI=1S/C16H24N2O3/c1-11(2)21-17-16(20)13-4-6-15(7-5-13)18-9-8-14(10-18)12(3)19/h4-7,11-12,14,19H,8-10H2,1-3H3,(H,17,20). The van der Waals surface area contributed by atoms with E-state index in [1.165, 1.54) is 0 Å². The number of nitrogens with one attached hydrogen (secondary N) is 1. The smallest absolute Gasteiger partial charge is 0.274 e. The van der Waals surface area contributed by atoms with E-state index >= 15 is 0 Å². The summed E-state index contributed by atoms with van der Waals surface area (Å²) < 4.78 is 0. The van der Waals surface area contributed by atoms with Crippen molar-refractivity contribution in [3.63, 3.8) is 0 Å². The van der Waals surface area contributed by atoms with Crippen LogP contribution in [0.2, 0.25) is 0 Å². The summed E-state index contributed by atoms with van der Waals surface area (Å²) in [5.41, 5.74) is 4.08. The van der Waals surface area contributed by atoms with Crippen LogP contribution < -0.4 is 10.4 Å². The quantitative estimate of drug-likeness (QED) is 0.815. The van der Waals surface area contributed by atoms with Gasteiger partial charge in [-0.2, -0.15) is 0 Å². The minimum Gasteiger partial charge on any atom is -0.393 e. The Morgan fingerprint density at radius 3 is 2.52 bits per heavy atom. The number of aliphatic hydroxyl groups excluding tert-OH is 1. The Balaban J connectivity index is 1.95. The third kappa shape index (κ3) is 4.19. The first kappa shape index (κ1) is 15.8. The number of hydrogen-bond acceptors (Lipinski definition) is 4. The Morgan fingerprint density at radius 2 is 2.00 bits per heavy atom. The maximum absolute atomic E-state index is 11.8. The van der Waals surface area contributed by atoms with Crippen LogP contribution in [0.25, 0.3) is 0 Å². The second-order valence-electron chi connectivity index (χ2n) is 5.88. The minimum atomic E-state index is -0.270. The molecular formula is C16H24N2O3. The molecule has 0 radical (unpaired) electrons. The van der Waals surface area contributed by atoms with E-state index in [1.54, 1.807) is 12.1 Å². The van der Waals surface area contributed by atoms with E-state index < -0.39 is 0 Å². The first-order chi connectivity index (χ1) is 9.97. The zero-order valence-electron chi connectivity index (χ0n) is 12.9. The van der Waals surface area contributed by atoms with E-state index in [4.69, 9.17) is 4.84 Å². The molecule has 2 N–H and O–H groups in total. The van der Waals surface area contributed by atoms with Crippen molar-refractivity contribution < 1.29 is 14.7 Å². The lowest BCUT2D eigenvalue weighted by Crippen LogP contribution is -2.27. The Hall–Kier alpha value is -1.59. The lowest BCUT2D eigenvalue weighted by atomic mass is 10.0. The molecule has 0 spiro atoms. The monoisotopic (exact) mass is 292 g/mol. The zero-order valence-corrected chi connectivity index (χ0v) is 12.9. The van der Waals surface area contributed by atoms with Crippen LogP contribution in [0, 0.1) is 5.92 Å². The molecule has 0 aromatic heterocycles. The predicted octanol–water partition coefficient (Wildman–Crippen LogP) is 1.96. The molecule has 1 amide bonds. The highest BCUT2D eigenvalue weighted by molar-refractivity contribution is 5.93. The van der Waals surface area contributed by atoms with Crippen molar-refractivity contribution in [2.45, 2.75) is 39.4 Å². The molecule has 1 saturated heterocycles. The van der Waals surface area contributed by atoms with Crippen LogP contribution in [0.3, 0.4) is 0 Å². The Labute approximate surface area is 125 Å². The van der Waals surface area contributed by atoms with Gasteiger partial charge in [-0.25, -0.2) is 5.48 Å². The van der Waals surface area contributed by atoms with Crippen LogP contribution in [0.15, 0.2) is 24.3 Å². The lowest BCUT2D eigenvalue weighted by Gasteiger charge is -2.20. The summed E-state index contributed by atoms with van der Waals surface area (Å²) in [4.78, 5) is 19.2. The molecule has 1 aliphatic rings. The number of benzene rings is 1. The number of carbonyl (C=O) groups is 1. The van der Waals surface area contributed by atoms with Gasteiger partial charge in [-0.1, -0.05) is 0 Å². The maximum atomic E-state index is 11.8. The van der Waals surface area contributed by atoms with Gasteiger partial charge in [-0.15, -0.1) is 0 Å². The molecule has 0 aliphatic carbocycles. The first-order valence-corrected chi connectivity index (χ1v) is 7.46. The van der Waals surface area contributed by atoms with Crippen molar-refractivity contribution in [1.29, 1.82) is 0 Å². The van der Waals surface area contributed by atoms with Crippen LogP contribution in [-0.4, -0.2) is 36.3 Å². The fraction of sp³-hybridized carbons (Fsp3) is 0.562. The number of hydrogen-bond donors (Lipinski definition) is 2. The molecule has 1 fully saturated rings. The molecule has 21 heavy (non-hydrogen) atoms. The first-order valence-electron chi connectivity index (χ1n) is 7.46. The van der Waals surface area contributed by atoms with Crippen molar-refractivity contribution in [3.8, 4) is 0 Å². The number of aliphatic hydroxyl groups is 1. The van der Waals surface area contributed by atoms with Crippen LogP contribution >= 0.6 is 0 Å². The van der Waals surface area contributed by atoms with Gasteiger partial charge < -0.3 is 10.0 Å². The second-order valence-corrected chi connectivity index (χ2v) is 5.88. The van der Waals surface area contributed by atoms with Crippen LogP contribution in [0.1, 0.15) is 37.6 Å². The fourth-order valence-corrected chi connectivity index (χ4v) is 2.47. The van der Waals surface area contributed by atoms with E-state index in [-0.39, 0.29) is 18.1 Å². The Kier molecular flexibility index (Phi) is 5.20. The molecule has 5 heteroatoms. The molecule has 0 saturated carbocycles. The predicted molar refractivity (Wildman–Crippen MR) is 82.1 cm³/mol. The third-order valence-electron chi connectivity index (χ3n) is 3.79. The van der Waals surface area contributed by atoms with Gasteiger partial charge in [0.05, 0.1) is 12.2 Å². The van der Waals surface area contributed by atoms with Gasteiger partial charge in [-0.05, 0) is 51.5 Å². The van der Waals surface area contributed by atoms with E-state index in [1.807, 2.05) is 32.9 Å². The molecule has 2 unspecified atom stereocenters. The highest BCUT2D eigenvalue weighted by atomic mass is 16.7. The maximum Gasteiger partial charge on any atom is 0.274 e. The van der Waals surface area contributed by atoms with Crippen LogP contribution in [-0.2, 0) is 4.84 Å². The Bertz CT molecular complexity index is 471. The highest BCUT2D eigenvalue weighted by Crippen LogP contribution is 2.25. The van der Waals surface area contributed by atoms with Crippen LogP contribution in [0.5, 0.6) is 0 Å². The summed E-state index contributed by atoms with van der Waals surface area (Å²) in [5, 5.41) is 9.64. The summed E-state index contributed by atoms with van der Waals surface area (Å²) in [7, 11) is 0. The molecule has 1 aromatic rings. The zero-order chi connectivity index (χ0) is 15.4. The van der Waals surface area contributed by atoms with Crippen molar-refractivity contribution >= 4 is 11.6 Å². The highest BCUT2D eigenvalue weighted by Gasteiger charge is 2.26. The number of amides is 1. The van der Waals surface area contributed by atoms with E-state index in [0.717, 1.165) is 25.2 Å². The third-order valence-corrected chi connectivity index (χ3v) is 3.79. The number of hydroxylamine groups is 1. The largest absolute Gasteiger partial charge is 0.393 e. The average molecular weight is 292 g/mol. The number of rotatable bonds is 5. The van der Waals surface area contributed by atoms with Gasteiger partial charge in [0.1, 0.15) is 0 Å². The van der Waals surface area contributed by atoms with E-state index in [0.29, 0.717) is 11.5 Å². The van der Waals surface area contributed by atoms with Gasteiger partial charge in [0.15, 0.2) is 0 Å². The van der Waals surface area contributed by atoms with Crippen molar-refractivity contribution in [2.24, 2.45) is 5.92 Å². The van der Waals surface area contributed by atoms with E-state index in [2.05, 4.69) is 10.4 Å². The summed E-state index contributed by atoms with van der Waals surface area (Å²) in [6.45, 7) is 7.36. The van der Waals surface area contributed by atoms with Gasteiger partial charge in [0.25, 0.3) is 5.91 Å². The topological polar surface area (TPSA) is 61.8 Å². The fourth-order valence-electron chi connectivity index (χ4n) is 2.47. The number of carbonyl (C=O) groups excluding carboxylic acids is 1. The molecule has 2 rings (SSSR count). The molecule has 116 valence electrons. The summed E-state index contributed by atoms with van der Waals surface area (Å²) >= 11 is 0. The Morgan fingerprint density at radius 1 is 1.33 bits per heavy atom. The van der Waals surface area contributed by atoms with Gasteiger partial charge in [0.2, 0.25) is 0 Å². The summed E-state index contributed by atoms with van der Waals surface area (Å²) in [6, 6.07) is 7.47. The molecule has 0 bridgehead atoms. The van der Waals surface area contributed by atoms with Gasteiger partial charge >= 0.3 is 0 Å². The SMILES string of the molecule is CC(C)ONC(=O)c1ccc(N2CCC(C(C)O)C2)cc1. The molecule has 1 aliphatic heterocycles. The van der Waals surface area contributed by atoms with Gasteiger partial charge in [-0.3, -0.25) is 9.63 Å². The van der Waals surface area contributed by atoms with Crippen molar-refractivity contribution in [1.82, 2.24) is 5.48 Å². The molecule has 1 heterocycles. The van der Waals surface area contributed by atoms with Crippen LogP contribution in [0.4, 0.5) is 5.69 Å². The van der Waals surface area contributed by atoms with Gasteiger partial charge in [0, 0.05) is 30.3 Å². The lowest BCUT2D eigenvalue weighted by molar-refractivity contribution is 0.000191. The number of anilines is 1. The molecule has 2 atom stereocenters. The van der Waals surface area contributed by atoms with Crippen molar-refractivity contribution in [2.75, 3.05) is 18.0 Å². The van der Waals surface area contributed by atoms with E-state index in [9.17, 15) is 9.90 Å². The summed E-state index contributed by atoms with van der Waals surface area (Å²) in [5.74, 6) is 0.0888. The summed E-state index contributed by atoms with van der Waals surface area (Å²) in [6.07, 6.45) is 0.686. The normalized spacial score (nSPS) is 19.9. The number of nitrogens with zero attached hydrogens (tertiary/aromatic N) is 1. The second kappa shape index (κ2) is 6.91. The van der Waals surface area contributed by atoms with Crippen molar-refractivity contribution in [3.05, 3.63) is 29.8 Å². The molecule has 1 aromatic carbocycles. The molecular weight excluding hydrogens is 268 g/mol. The minimum absolute atomic E-state index is 0.0461. The molecule has 5 nitrogen and oxygen atoms in total. The average Bonchev–Trinajstić information content (AvgIpc) is 2.95.